The van der Waals surface area contributed by atoms with Crippen molar-refractivity contribution in [3.8, 4) is 0 Å². The summed E-state index contributed by atoms with van der Waals surface area (Å²) in [6.45, 7) is 0.977. The maximum Gasteiger partial charge on any atom is 0.126 e. The summed E-state index contributed by atoms with van der Waals surface area (Å²) >= 11 is 0. The molecule has 1 heterocycles. The largest absolute Gasteiger partial charge is 0.366 e. The first-order valence-electron chi connectivity index (χ1n) is 2.45. The van der Waals surface area contributed by atoms with E-state index in [1.165, 1.54) is 18.9 Å². The number of hydrogen-bond donors (Lipinski definition) is 0. The number of ether oxygens (including phenoxy) is 1. The van der Waals surface area contributed by atoms with Crippen LogP contribution in [-0.2, 0) is 4.74 Å². The molecule has 1 heteroatoms. The molecule has 2 fully saturated rings. The van der Waals surface area contributed by atoms with Gasteiger partial charge in [-0.05, 0) is 18.8 Å². The Balaban J connectivity index is 1.92. The van der Waals surface area contributed by atoms with Crippen LogP contribution < -0.4 is 0 Å². The monoisotopic (exact) mass is 83.0 g/mol. The van der Waals surface area contributed by atoms with Crippen LogP contribution in [0, 0.1) is 12.0 Å². The van der Waals surface area contributed by atoms with Gasteiger partial charge < -0.3 is 4.74 Å². The standard InChI is InChI=1S/C5H7O/c1-2-4(1)5-3-6-5/h4H,1-3H2. The molecule has 0 aromatic heterocycles. The van der Waals surface area contributed by atoms with Gasteiger partial charge in [0.25, 0.3) is 0 Å². The summed E-state index contributed by atoms with van der Waals surface area (Å²) < 4.78 is 4.95. The average molecular weight is 83.1 g/mol. The van der Waals surface area contributed by atoms with Gasteiger partial charge in [0.15, 0.2) is 0 Å². The zero-order chi connectivity index (χ0) is 3.98. The first-order valence-corrected chi connectivity index (χ1v) is 2.45. The van der Waals surface area contributed by atoms with Gasteiger partial charge in [-0.15, -0.1) is 0 Å². The van der Waals surface area contributed by atoms with Gasteiger partial charge in [0, 0.05) is 0 Å². The van der Waals surface area contributed by atoms with Gasteiger partial charge in [-0.2, -0.15) is 0 Å². The fourth-order valence-electron chi connectivity index (χ4n) is 0.683. The molecule has 1 saturated carbocycles. The van der Waals surface area contributed by atoms with Gasteiger partial charge in [0.1, 0.15) is 6.10 Å². The molecule has 0 amide bonds. The minimum absolute atomic E-state index is 0.907. The molecule has 0 bridgehead atoms. The van der Waals surface area contributed by atoms with E-state index in [-0.39, 0.29) is 0 Å². The van der Waals surface area contributed by atoms with Crippen LogP contribution in [0.3, 0.4) is 0 Å². The Bertz CT molecular complexity index is 52.3. The smallest absolute Gasteiger partial charge is 0.126 e. The molecule has 2 aliphatic rings. The van der Waals surface area contributed by atoms with Crippen molar-refractivity contribution < 1.29 is 4.74 Å². The predicted octanol–water partition coefficient (Wildman–Crippen LogP) is 0.959. The van der Waals surface area contributed by atoms with E-state index >= 15 is 0 Å². The van der Waals surface area contributed by atoms with E-state index in [0.717, 1.165) is 12.5 Å². The molecule has 0 aromatic rings. The summed E-state index contributed by atoms with van der Waals surface area (Å²) in [6.07, 6.45) is 4.17. The maximum absolute atomic E-state index is 4.95. The van der Waals surface area contributed by atoms with E-state index in [9.17, 15) is 0 Å². The lowest BCUT2D eigenvalue weighted by molar-refractivity contribution is 0.451. The van der Waals surface area contributed by atoms with Crippen molar-refractivity contribution in [1.29, 1.82) is 0 Å². The zero-order valence-electron chi connectivity index (χ0n) is 3.61. The fraction of sp³-hybridized carbons (Fsp3) is 0.800. The van der Waals surface area contributed by atoms with Crippen molar-refractivity contribution in [2.24, 2.45) is 5.92 Å². The molecule has 1 aliphatic heterocycles. The van der Waals surface area contributed by atoms with Crippen molar-refractivity contribution in [2.45, 2.75) is 12.8 Å². The Morgan fingerprint density at radius 2 is 2.17 bits per heavy atom. The van der Waals surface area contributed by atoms with E-state index in [0.29, 0.717) is 0 Å². The fourth-order valence-corrected chi connectivity index (χ4v) is 0.683. The van der Waals surface area contributed by atoms with Crippen LogP contribution in [0.1, 0.15) is 12.8 Å². The SMILES string of the molecule is C1O[C]1C1CC1. The van der Waals surface area contributed by atoms with Gasteiger partial charge in [0.2, 0.25) is 0 Å². The van der Waals surface area contributed by atoms with Crippen LogP contribution in [-0.4, -0.2) is 6.61 Å². The van der Waals surface area contributed by atoms with E-state index < -0.39 is 0 Å². The second kappa shape index (κ2) is 0.784. The Morgan fingerprint density at radius 3 is 2.33 bits per heavy atom. The number of epoxide rings is 1. The number of hydrogen-bond acceptors (Lipinski definition) is 1. The molecule has 1 aliphatic carbocycles. The zero-order valence-corrected chi connectivity index (χ0v) is 3.61. The highest BCUT2D eigenvalue weighted by Crippen LogP contribution is 2.45. The van der Waals surface area contributed by atoms with Crippen molar-refractivity contribution in [1.82, 2.24) is 0 Å². The Morgan fingerprint density at radius 1 is 1.50 bits per heavy atom. The van der Waals surface area contributed by atoms with Gasteiger partial charge in [-0.1, -0.05) is 0 Å². The van der Waals surface area contributed by atoms with E-state index in [4.69, 9.17) is 4.74 Å². The van der Waals surface area contributed by atoms with Crippen LogP contribution in [0.25, 0.3) is 0 Å². The van der Waals surface area contributed by atoms with Gasteiger partial charge in [-0.3, -0.25) is 0 Å². The first kappa shape index (κ1) is 3.03. The lowest BCUT2D eigenvalue weighted by atomic mass is 10.3. The molecule has 1 radical (unpaired) electrons. The molecule has 6 heavy (non-hydrogen) atoms. The van der Waals surface area contributed by atoms with Crippen LogP contribution in [0.4, 0.5) is 0 Å². The van der Waals surface area contributed by atoms with E-state index in [2.05, 4.69) is 0 Å². The molecule has 0 aromatic carbocycles. The number of rotatable bonds is 1. The normalized spacial score (nSPS) is 34.0. The quantitative estimate of drug-likeness (QED) is 0.430. The van der Waals surface area contributed by atoms with Gasteiger partial charge >= 0.3 is 0 Å². The summed E-state index contributed by atoms with van der Waals surface area (Å²) in [5.74, 6) is 0.907. The highest BCUT2D eigenvalue weighted by atomic mass is 16.6. The summed E-state index contributed by atoms with van der Waals surface area (Å²) in [5.41, 5.74) is 0. The van der Waals surface area contributed by atoms with Crippen LogP contribution >= 0.6 is 0 Å². The molecule has 0 unspecified atom stereocenters. The van der Waals surface area contributed by atoms with Crippen LogP contribution in [0.15, 0.2) is 0 Å². The lowest BCUT2D eigenvalue weighted by Gasteiger charge is -1.72. The maximum atomic E-state index is 4.95. The summed E-state index contributed by atoms with van der Waals surface area (Å²) in [4.78, 5) is 0. The van der Waals surface area contributed by atoms with Crippen molar-refractivity contribution in [3.05, 3.63) is 6.10 Å². The molecule has 0 N–H and O–H groups in total. The lowest BCUT2D eigenvalue weighted by Crippen LogP contribution is -1.70. The molecule has 33 valence electrons. The Labute approximate surface area is 37.3 Å². The third-order valence-corrected chi connectivity index (χ3v) is 1.34. The van der Waals surface area contributed by atoms with Gasteiger partial charge in [-0.25, -0.2) is 0 Å². The molecule has 2 rings (SSSR count). The van der Waals surface area contributed by atoms with E-state index in [1.807, 2.05) is 0 Å². The molecule has 1 saturated heterocycles. The van der Waals surface area contributed by atoms with E-state index in [1.54, 1.807) is 0 Å². The minimum atomic E-state index is 0.907. The second-order valence-corrected chi connectivity index (χ2v) is 2.03. The molecular formula is C5H7O. The summed E-state index contributed by atoms with van der Waals surface area (Å²) in [6, 6.07) is 0. The molecular weight excluding hydrogens is 76.1 g/mol. The Kier molecular flexibility index (Phi) is 0.396. The van der Waals surface area contributed by atoms with Crippen LogP contribution in [0.5, 0.6) is 0 Å². The van der Waals surface area contributed by atoms with Crippen LogP contribution in [0.2, 0.25) is 0 Å². The predicted molar refractivity (Wildman–Crippen MR) is 21.9 cm³/mol. The average Bonchev–Trinajstić information content (AvgIpc) is 2.26. The second-order valence-electron chi connectivity index (χ2n) is 2.03. The Hall–Kier alpha value is -0.0400. The molecule has 0 atom stereocenters. The van der Waals surface area contributed by atoms with Gasteiger partial charge in [0.05, 0.1) is 6.61 Å². The highest BCUT2D eigenvalue weighted by Gasteiger charge is 2.40. The minimum Gasteiger partial charge on any atom is -0.366 e. The highest BCUT2D eigenvalue weighted by molar-refractivity contribution is 5.04. The summed E-state index contributed by atoms with van der Waals surface area (Å²) in [5, 5.41) is 0. The summed E-state index contributed by atoms with van der Waals surface area (Å²) in [7, 11) is 0. The third-order valence-electron chi connectivity index (χ3n) is 1.34. The van der Waals surface area contributed by atoms with Crippen molar-refractivity contribution in [2.75, 3.05) is 6.61 Å². The van der Waals surface area contributed by atoms with Crippen molar-refractivity contribution in [3.63, 3.8) is 0 Å². The molecule has 1 nitrogen and oxygen atoms in total. The third kappa shape index (κ3) is 0.350. The van der Waals surface area contributed by atoms with Crippen molar-refractivity contribution >= 4 is 0 Å². The molecule has 0 spiro atoms. The first-order chi connectivity index (χ1) is 2.97. The topological polar surface area (TPSA) is 12.5 Å².